The topological polar surface area (TPSA) is 77.8 Å². The van der Waals surface area contributed by atoms with E-state index in [-0.39, 0.29) is 0 Å². The first-order chi connectivity index (χ1) is 11.8. The van der Waals surface area contributed by atoms with Crippen LogP contribution >= 0.6 is 0 Å². The van der Waals surface area contributed by atoms with Crippen LogP contribution in [0.15, 0.2) is 60.9 Å². The van der Waals surface area contributed by atoms with Gasteiger partial charge in [-0.15, -0.1) is 0 Å². The molecule has 0 atom stereocenters. The summed E-state index contributed by atoms with van der Waals surface area (Å²) in [5.74, 6) is 0. The molecule has 4 N–H and O–H groups in total. The average molecular weight is 318 g/mol. The van der Waals surface area contributed by atoms with Gasteiger partial charge in [-0.25, -0.2) is 0 Å². The van der Waals surface area contributed by atoms with Crippen molar-refractivity contribution < 1.29 is 0 Å². The van der Waals surface area contributed by atoms with Gasteiger partial charge in [0.15, 0.2) is 0 Å². The first kappa shape index (κ1) is 16.3. The van der Waals surface area contributed by atoms with Crippen molar-refractivity contribution in [2.45, 2.75) is 25.9 Å². The Balaban J connectivity index is 2.06. The molecule has 4 nitrogen and oxygen atoms in total. The maximum absolute atomic E-state index is 5.99. The Morgan fingerprint density at radius 1 is 0.625 bits per heavy atom. The third-order valence-corrected chi connectivity index (χ3v) is 4.23. The van der Waals surface area contributed by atoms with Gasteiger partial charge in [-0.3, -0.25) is 9.97 Å². The standard InChI is InChI=1S/C20H22N4/c21-13-15-7-8-16(14-22)20(12-18-6-2-4-10-24-18)19(15)11-17-5-1-3-9-23-17/h1-10H,11-14,21-22H2. The molecule has 0 bridgehead atoms. The summed E-state index contributed by atoms with van der Waals surface area (Å²) in [6, 6.07) is 16.1. The molecule has 24 heavy (non-hydrogen) atoms. The largest absolute Gasteiger partial charge is 0.326 e. The highest BCUT2D eigenvalue weighted by Crippen LogP contribution is 2.24. The maximum Gasteiger partial charge on any atom is 0.0447 e. The van der Waals surface area contributed by atoms with E-state index in [4.69, 9.17) is 11.5 Å². The molecule has 3 rings (SSSR count). The van der Waals surface area contributed by atoms with Gasteiger partial charge in [0.05, 0.1) is 0 Å². The molecule has 0 amide bonds. The van der Waals surface area contributed by atoms with E-state index in [1.807, 2.05) is 48.8 Å². The zero-order valence-corrected chi connectivity index (χ0v) is 13.7. The van der Waals surface area contributed by atoms with Gasteiger partial charge in [0, 0.05) is 49.7 Å². The zero-order valence-electron chi connectivity index (χ0n) is 13.7. The van der Waals surface area contributed by atoms with Gasteiger partial charge in [-0.2, -0.15) is 0 Å². The lowest BCUT2D eigenvalue weighted by atomic mass is 9.89. The maximum atomic E-state index is 5.99. The molecule has 3 aromatic rings. The molecular weight excluding hydrogens is 296 g/mol. The average Bonchev–Trinajstić information content (AvgIpc) is 2.64. The Hall–Kier alpha value is -2.56. The summed E-state index contributed by atoms with van der Waals surface area (Å²) >= 11 is 0. The van der Waals surface area contributed by atoms with Gasteiger partial charge in [0.1, 0.15) is 0 Å². The zero-order chi connectivity index (χ0) is 16.8. The van der Waals surface area contributed by atoms with E-state index in [9.17, 15) is 0 Å². The summed E-state index contributed by atoms with van der Waals surface area (Å²) < 4.78 is 0. The van der Waals surface area contributed by atoms with Crippen LogP contribution in [0, 0.1) is 0 Å². The van der Waals surface area contributed by atoms with Crippen LogP contribution in [0.4, 0.5) is 0 Å². The van der Waals surface area contributed by atoms with E-state index in [1.165, 1.54) is 11.1 Å². The van der Waals surface area contributed by atoms with Crippen molar-refractivity contribution in [3.05, 3.63) is 94.6 Å². The minimum atomic E-state index is 0.502. The number of hydrogen-bond donors (Lipinski definition) is 2. The number of rotatable bonds is 6. The van der Waals surface area contributed by atoms with E-state index >= 15 is 0 Å². The van der Waals surface area contributed by atoms with Crippen LogP contribution in [0.25, 0.3) is 0 Å². The van der Waals surface area contributed by atoms with Crippen LogP contribution in [0.2, 0.25) is 0 Å². The fourth-order valence-electron chi connectivity index (χ4n) is 2.98. The van der Waals surface area contributed by atoms with E-state index in [2.05, 4.69) is 22.1 Å². The molecule has 1 aromatic carbocycles. The molecule has 4 heteroatoms. The van der Waals surface area contributed by atoms with Crippen molar-refractivity contribution in [2.24, 2.45) is 11.5 Å². The highest BCUT2D eigenvalue weighted by atomic mass is 14.7. The number of aromatic nitrogens is 2. The van der Waals surface area contributed by atoms with Crippen molar-refractivity contribution >= 4 is 0 Å². The number of hydrogen-bond acceptors (Lipinski definition) is 4. The molecule has 0 saturated heterocycles. The lowest BCUT2D eigenvalue weighted by molar-refractivity contribution is 0.921. The smallest absolute Gasteiger partial charge is 0.0447 e. The van der Waals surface area contributed by atoms with Crippen LogP contribution in [0.1, 0.15) is 33.6 Å². The van der Waals surface area contributed by atoms with Gasteiger partial charge in [0.2, 0.25) is 0 Å². The lowest BCUT2D eigenvalue weighted by Crippen LogP contribution is -2.12. The number of benzene rings is 1. The molecular formula is C20H22N4. The van der Waals surface area contributed by atoms with Crippen LogP contribution in [-0.4, -0.2) is 9.97 Å². The summed E-state index contributed by atoms with van der Waals surface area (Å²) in [5, 5.41) is 0. The molecule has 122 valence electrons. The molecule has 0 spiro atoms. The van der Waals surface area contributed by atoms with Gasteiger partial charge in [-0.05, 0) is 46.5 Å². The third kappa shape index (κ3) is 3.67. The molecule has 0 radical (unpaired) electrons. The van der Waals surface area contributed by atoms with Crippen LogP contribution < -0.4 is 11.5 Å². The summed E-state index contributed by atoms with van der Waals surface area (Å²) in [6.07, 6.45) is 5.15. The Morgan fingerprint density at radius 3 is 1.42 bits per heavy atom. The Morgan fingerprint density at radius 2 is 1.08 bits per heavy atom. The SMILES string of the molecule is NCc1ccc(CN)c(Cc2ccccn2)c1Cc1ccccn1. The summed E-state index contributed by atoms with van der Waals surface area (Å²) in [5.41, 5.74) is 18.8. The van der Waals surface area contributed by atoms with Gasteiger partial charge in [0.25, 0.3) is 0 Å². The second kappa shape index (κ2) is 7.81. The highest BCUT2D eigenvalue weighted by Gasteiger charge is 2.14. The summed E-state index contributed by atoms with van der Waals surface area (Å²) in [6.45, 7) is 1.00. The molecule has 0 aliphatic rings. The first-order valence-electron chi connectivity index (χ1n) is 8.14. The lowest BCUT2D eigenvalue weighted by Gasteiger charge is -2.18. The van der Waals surface area contributed by atoms with E-state index in [1.54, 1.807) is 0 Å². The second-order valence-electron chi connectivity index (χ2n) is 5.74. The van der Waals surface area contributed by atoms with Crippen molar-refractivity contribution in [3.63, 3.8) is 0 Å². The Bertz CT molecular complexity index is 717. The van der Waals surface area contributed by atoms with Gasteiger partial charge >= 0.3 is 0 Å². The molecule has 2 heterocycles. The molecule has 0 aliphatic carbocycles. The second-order valence-corrected chi connectivity index (χ2v) is 5.74. The van der Waals surface area contributed by atoms with Crippen LogP contribution in [-0.2, 0) is 25.9 Å². The Labute approximate surface area is 142 Å². The first-order valence-corrected chi connectivity index (χ1v) is 8.14. The van der Waals surface area contributed by atoms with Gasteiger partial charge < -0.3 is 11.5 Å². The van der Waals surface area contributed by atoms with E-state index in [0.29, 0.717) is 13.1 Å². The minimum Gasteiger partial charge on any atom is -0.326 e. The summed E-state index contributed by atoms with van der Waals surface area (Å²) in [7, 11) is 0. The predicted molar refractivity (Wildman–Crippen MR) is 96.3 cm³/mol. The minimum absolute atomic E-state index is 0.502. The molecule has 0 aliphatic heterocycles. The Kier molecular flexibility index (Phi) is 5.31. The van der Waals surface area contributed by atoms with Crippen LogP contribution in [0.5, 0.6) is 0 Å². The number of nitrogens with two attached hydrogens (primary N) is 2. The van der Waals surface area contributed by atoms with Gasteiger partial charge in [-0.1, -0.05) is 24.3 Å². The molecule has 0 unspecified atom stereocenters. The van der Waals surface area contributed by atoms with Crippen LogP contribution in [0.3, 0.4) is 0 Å². The fourth-order valence-corrected chi connectivity index (χ4v) is 2.98. The van der Waals surface area contributed by atoms with Crippen molar-refractivity contribution in [2.75, 3.05) is 0 Å². The third-order valence-electron chi connectivity index (χ3n) is 4.23. The van der Waals surface area contributed by atoms with Crippen molar-refractivity contribution in [3.8, 4) is 0 Å². The van der Waals surface area contributed by atoms with E-state index in [0.717, 1.165) is 35.4 Å². The quantitative estimate of drug-likeness (QED) is 0.732. The molecule has 2 aromatic heterocycles. The fraction of sp³-hybridized carbons (Fsp3) is 0.200. The monoisotopic (exact) mass is 318 g/mol. The normalized spacial score (nSPS) is 10.8. The van der Waals surface area contributed by atoms with E-state index < -0.39 is 0 Å². The summed E-state index contributed by atoms with van der Waals surface area (Å²) in [4.78, 5) is 8.93. The van der Waals surface area contributed by atoms with Crippen molar-refractivity contribution in [1.29, 1.82) is 0 Å². The molecule has 0 saturated carbocycles. The highest BCUT2D eigenvalue weighted by molar-refractivity contribution is 5.45. The van der Waals surface area contributed by atoms with Crippen molar-refractivity contribution in [1.82, 2.24) is 9.97 Å². The predicted octanol–water partition coefficient (Wildman–Crippen LogP) is 2.58. The molecule has 0 fully saturated rings. The number of nitrogens with zero attached hydrogens (tertiary/aromatic N) is 2. The number of pyridine rings is 2.